The average molecular weight is 291 g/mol. The molecular formula is C19H33NO. The zero-order valence-corrected chi connectivity index (χ0v) is 14.4. The van der Waals surface area contributed by atoms with E-state index in [0.717, 1.165) is 32.1 Å². The highest BCUT2D eigenvalue weighted by Crippen LogP contribution is 2.28. The zero-order chi connectivity index (χ0) is 15.5. The molecule has 120 valence electrons. The van der Waals surface area contributed by atoms with Crippen molar-refractivity contribution in [2.24, 2.45) is 0 Å². The van der Waals surface area contributed by atoms with Crippen LogP contribution in [0.25, 0.3) is 0 Å². The Morgan fingerprint density at radius 1 is 1.05 bits per heavy atom. The molecule has 0 radical (unpaired) electrons. The SMILES string of the molecule is CC.CCOCCN1CCC(c2ccc(CC)cc2)CC1. The minimum Gasteiger partial charge on any atom is -0.380 e. The Hall–Kier alpha value is -0.860. The van der Waals surface area contributed by atoms with Gasteiger partial charge in [0.15, 0.2) is 0 Å². The highest BCUT2D eigenvalue weighted by Gasteiger charge is 2.20. The van der Waals surface area contributed by atoms with Gasteiger partial charge >= 0.3 is 0 Å². The van der Waals surface area contributed by atoms with E-state index in [1.165, 1.54) is 37.1 Å². The lowest BCUT2D eigenvalue weighted by Gasteiger charge is -2.32. The van der Waals surface area contributed by atoms with Gasteiger partial charge in [0.05, 0.1) is 6.61 Å². The van der Waals surface area contributed by atoms with E-state index in [-0.39, 0.29) is 0 Å². The van der Waals surface area contributed by atoms with Crippen LogP contribution >= 0.6 is 0 Å². The Balaban J connectivity index is 0.00000106. The number of piperidine rings is 1. The van der Waals surface area contributed by atoms with Gasteiger partial charge in [-0.15, -0.1) is 0 Å². The number of likely N-dealkylation sites (tertiary alicyclic amines) is 1. The molecule has 0 unspecified atom stereocenters. The standard InChI is InChI=1S/C17H27NO.C2H6/c1-3-15-5-7-16(8-6-15)17-9-11-18(12-10-17)13-14-19-4-2;1-2/h5-8,17H,3-4,9-14H2,1-2H3;1-2H3. The molecule has 1 aliphatic rings. The third-order valence-electron chi connectivity index (χ3n) is 4.20. The molecule has 0 spiro atoms. The molecule has 1 saturated heterocycles. The topological polar surface area (TPSA) is 12.5 Å². The molecule has 0 amide bonds. The molecule has 1 aromatic carbocycles. The molecule has 2 nitrogen and oxygen atoms in total. The maximum absolute atomic E-state index is 5.43. The van der Waals surface area contributed by atoms with E-state index in [4.69, 9.17) is 4.74 Å². The zero-order valence-electron chi connectivity index (χ0n) is 14.4. The molecule has 21 heavy (non-hydrogen) atoms. The first-order chi connectivity index (χ1) is 10.3. The van der Waals surface area contributed by atoms with Crippen LogP contribution in [-0.2, 0) is 11.2 Å². The summed E-state index contributed by atoms with van der Waals surface area (Å²) in [4.78, 5) is 2.53. The lowest BCUT2D eigenvalue weighted by atomic mass is 9.89. The molecule has 0 atom stereocenters. The predicted octanol–water partition coefficient (Wildman–Crippen LogP) is 4.49. The first-order valence-electron chi connectivity index (χ1n) is 8.72. The summed E-state index contributed by atoms with van der Waals surface area (Å²) in [5, 5.41) is 0. The number of aryl methyl sites for hydroxylation is 1. The van der Waals surface area contributed by atoms with Crippen molar-refractivity contribution in [1.29, 1.82) is 0 Å². The number of hydrogen-bond acceptors (Lipinski definition) is 2. The fraction of sp³-hybridized carbons (Fsp3) is 0.684. The Kier molecular flexibility index (Phi) is 9.36. The second kappa shape index (κ2) is 10.8. The van der Waals surface area contributed by atoms with Crippen molar-refractivity contribution in [3.63, 3.8) is 0 Å². The molecule has 0 aliphatic carbocycles. The van der Waals surface area contributed by atoms with Crippen LogP contribution in [0.4, 0.5) is 0 Å². The van der Waals surface area contributed by atoms with Crippen LogP contribution < -0.4 is 0 Å². The van der Waals surface area contributed by atoms with Crippen LogP contribution in [0, 0.1) is 0 Å². The summed E-state index contributed by atoms with van der Waals surface area (Å²) >= 11 is 0. The van der Waals surface area contributed by atoms with E-state index in [1.54, 1.807) is 0 Å². The smallest absolute Gasteiger partial charge is 0.0593 e. The Bertz CT molecular complexity index is 352. The van der Waals surface area contributed by atoms with Gasteiger partial charge in [-0.2, -0.15) is 0 Å². The molecule has 1 fully saturated rings. The van der Waals surface area contributed by atoms with Crippen molar-refractivity contribution in [1.82, 2.24) is 4.90 Å². The van der Waals surface area contributed by atoms with Crippen molar-refractivity contribution in [2.75, 3.05) is 32.8 Å². The van der Waals surface area contributed by atoms with Crippen LogP contribution in [0.3, 0.4) is 0 Å². The molecular weight excluding hydrogens is 258 g/mol. The summed E-state index contributed by atoms with van der Waals surface area (Å²) in [7, 11) is 0. The Morgan fingerprint density at radius 3 is 2.19 bits per heavy atom. The van der Waals surface area contributed by atoms with Gasteiger partial charge in [0, 0.05) is 13.2 Å². The Labute approximate surface area is 131 Å². The maximum Gasteiger partial charge on any atom is 0.0593 e. The van der Waals surface area contributed by atoms with E-state index in [0.29, 0.717) is 0 Å². The summed E-state index contributed by atoms with van der Waals surface area (Å²) in [6.45, 7) is 13.5. The fourth-order valence-electron chi connectivity index (χ4n) is 2.85. The highest BCUT2D eigenvalue weighted by molar-refractivity contribution is 5.25. The number of benzene rings is 1. The molecule has 0 N–H and O–H groups in total. The van der Waals surface area contributed by atoms with Crippen LogP contribution in [-0.4, -0.2) is 37.7 Å². The average Bonchev–Trinajstić information content (AvgIpc) is 2.58. The molecule has 1 heterocycles. The van der Waals surface area contributed by atoms with Crippen LogP contribution in [0.5, 0.6) is 0 Å². The summed E-state index contributed by atoms with van der Waals surface area (Å²) in [6, 6.07) is 9.24. The Morgan fingerprint density at radius 2 is 1.67 bits per heavy atom. The third-order valence-corrected chi connectivity index (χ3v) is 4.20. The summed E-state index contributed by atoms with van der Waals surface area (Å²) in [5.41, 5.74) is 2.97. The van der Waals surface area contributed by atoms with E-state index >= 15 is 0 Å². The van der Waals surface area contributed by atoms with Gasteiger partial charge in [-0.3, -0.25) is 0 Å². The normalized spacial score (nSPS) is 16.4. The largest absolute Gasteiger partial charge is 0.380 e. The van der Waals surface area contributed by atoms with E-state index in [2.05, 4.69) is 43.0 Å². The monoisotopic (exact) mass is 291 g/mol. The molecule has 0 aromatic heterocycles. The number of rotatable bonds is 6. The lowest BCUT2D eigenvalue weighted by Crippen LogP contribution is -2.35. The van der Waals surface area contributed by atoms with Gasteiger partial charge in [0.2, 0.25) is 0 Å². The second-order valence-electron chi connectivity index (χ2n) is 5.41. The van der Waals surface area contributed by atoms with E-state index < -0.39 is 0 Å². The quantitative estimate of drug-likeness (QED) is 0.716. The van der Waals surface area contributed by atoms with Gasteiger partial charge in [-0.25, -0.2) is 0 Å². The molecule has 0 bridgehead atoms. The number of nitrogens with zero attached hydrogens (tertiary/aromatic N) is 1. The van der Waals surface area contributed by atoms with Crippen molar-refractivity contribution >= 4 is 0 Å². The summed E-state index contributed by atoms with van der Waals surface area (Å²) in [6.07, 6.45) is 3.71. The van der Waals surface area contributed by atoms with Crippen LogP contribution in [0.15, 0.2) is 24.3 Å². The van der Waals surface area contributed by atoms with Gasteiger partial charge in [0.25, 0.3) is 0 Å². The van der Waals surface area contributed by atoms with Crippen LogP contribution in [0.2, 0.25) is 0 Å². The van der Waals surface area contributed by atoms with Crippen LogP contribution in [0.1, 0.15) is 57.6 Å². The molecule has 0 saturated carbocycles. The number of hydrogen-bond donors (Lipinski definition) is 0. The fourth-order valence-corrected chi connectivity index (χ4v) is 2.85. The second-order valence-corrected chi connectivity index (χ2v) is 5.41. The summed E-state index contributed by atoms with van der Waals surface area (Å²) in [5.74, 6) is 0.759. The molecule has 1 aliphatic heterocycles. The molecule has 1 aromatic rings. The van der Waals surface area contributed by atoms with Gasteiger partial charge in [-0.05, 0) is 56.3 Å². The van der Waals surface area contributed by atoms with E-state index in [1.807, 2.05) is 13.8 Å². The van der Waals surface area contributed by atoms with Crippen molar-refractivity contribution < 1.29 is 4.74 Å². The minimum absolute atomic E-state index is 0.759. The van der Waals surface area contributed by atoms with Crippen molar-refractivity contribution in [2.45, 2.75) is 52.9 Å². The first kappa shape index (κ1) is 18.2. The molecule has 2 heteroatoms. The first-order valence-corrected chi connectivity index (χ1v) is 8.72. The maximum atomic E-state index is 5.43. The summed E-state index contributed by atoms with van der Waals surface area (Å²) < 4.78 is 5.43. The molecule has 2 rings (SSSR count). The van der Waals surface area contributed by atoms with Gasteiger partial charge in [0.1, 0.15) is 0 Å². The predicted molar refractivity (Wildman–Crippen MR) is 92.1 cm³/mol. The van der Waals surface area contributed by atoms with Crippen molar-refractivity contribution in [3.8, 4) is 0 Å². The van der Waals surface area contributed by atoms with Gasteiger partial charge < -0.3 is 9.64 Å². The van der Waals surface area contributed by atoms with Crippen molar-refractivity contribution in [3.05, 3.63) is 35.4 Å². The van der Waals surface area contributed by atoms with Gasteiger partial charge in [-0.1, -0.05) is 45.0 Å². The minimum atomic E-state index is 0.759. The number of ether oxygens (including phenoxy) is 1. The third kappa shape index (κ3) is 6.19. The highest BCUT2D eigenvalue weighted by atomic mass is 16.5. The lowest BCUT2D eigenvalue weighted by molar-refractivity contribution is 0.102. The van der Waals surface area contributed by atoms with E-state index in [9.17, 15) is 0 Å².